The lowest BCUT2D eigenvalue weighted by atomic mass is 10.0. The zero-order valence-electron chi connectivity index (χ0n) is 25.3. The Kier molecular flexibility index (Phi) is 9.43. The van der Waals surface area contributed by atoms with E-state index in [0.717, 1.165) is 16.3 Å². The highest BCUT2D eigenvalue weighted by molar-refractivity contribution is 14.1. The number of thiophene rings is 1. The zero-order valence-corrected chi connectivity index (χ0v) is 29.0. The lowest BCUT2D eigenvalue weighted by Crippen LogP contribution is -2.28. The first-order chi connectivity index (χ1) is 21.5. The minimum absolute atomic E-state index is 0.00384. The maximum absolute atomic E-state index is 13.7. The summed E-state index contributed by atoms with van der Waals surface area (Å²) >= 11 is 9.40. The fourth-order valence-corrected chi connectivity index (χ4v) is 7.20. The predicted octanol–water partition coefficient (Wildman–Crippen LogP) is 8.09. The van der Waals surface area contributed by atoms with Gasteiger partial charge in [-0.15, -0.1) is 11.3 Å². The van der Waals surface area contributed by atoms with Gasteiger partial charge in [-0.2, -0.15) is 13.2 Å². The average Bonchev–Trinajstić information content (AvgIpc) is 3.37. The van der Waals surface area contributed by atoms with Crippen LogP contribution < -0.4 is 10.3 Å². The SMILES string of the molecule is Cc1cc(-c2cc(Cl)ccc2OCCn2c(C)nc3cc(C(F)(F)F)c(CO)c(I)c3c2=O)c2scc(C(=O)OC(C)(C)C)c2n1. The zero-order chi connectivity index (χ0) is 33.7. The number of pyridine rings is 1. The average molecular weight is 786 g/mol. The molecule has 0 atom stereocenters. The molecule has 0 fully saturated rings. The van der Waals surface area contributed by atoms with E-state index in [4.69, 9.17) is 21.1 Å². The van der Waals surface area contributed by atoms with Crippen LogP contribution in [0.3, 0.4) is 0 Å². The van der Waals surface area contributed by atoms with E-state index in [2.05, 4.69) is 9.97 Å². The molecule has 46 heavy (non-hydrogen) atoms. The smallest absolute Gasteiger partial charge is 0.416 e. The van der Waals surface area contributed by atoms with Crippen LogP contribution in [0.2, 0.25) is 5.02 Å². The van der Waals surface area contributed by atoms with Crippen molar-refractivity contribution in [3.05, 3.63) is 82.9 Å². The van der Waals surface area contributed by atoms with Crippen molar-refractivity contribution in [3.8, 4) is 16.9 Å². The fraction of sp³-hybridized carbons (Fsp3) is 0.312. The number of benzene rings is 2. The number of fused-ring (bicyclic) bond motifs is 2. The second kappa shape index (κ2) is 12.7. The topological polar surface area (TPSA) is 104 Å². The first-order valence-electron chi connectivity index (χ1n) is 14.0. The molecule has 0 saturated heterocycles. The minimum atomic E-state index is -4.72. The number of carbonyl (C=O) groups excluding carboxylic acids is 1. The molecule has 14 heteroatoms. The van der Waals surface area contributed by atoms with Crippen LogP contribution >= 0.6 is 45.5 Å². The van der Waals surface area contributed by atoms with Crippen molar-refractivity contribution in [2.75, 3.05) is 6.61 Å². The van der Waals surface area contributed by atoms with Gasteiger partial charge in [0.2, 0.25) is 0 Å². The van der Waals surface area contributed by atoms with Crippen LogP contribution in [-0.4, -0.2) is 37.8 Å². The molecule has 0 bridgehead atoms. The second-order valence-corrected chi connectivity index (χ2v) is 13.9. The molecule has 3 aromatic heterocycles. The van der Waals surface area contributed by atoms with Crippen LogP contribution in [0.4, 0.5) is 13.2 Å². The maximum atomic E-state index is 13.7. The Labute approximate surface area is 284 Å². The molecule has 0 radical (unpaired) electrons. The first kappa shape index (κ1) is 34.1. The molecule has 3 heterocycles. The summed E-state index contributed by atoms with van der Waals surface area (Å²) in [6.45, 7) is 7.88. The van der Waals surface area contributed by atoms with Crippen molar-refractivity contribution in [2.24, 2.45) is 0 Å². The number of hydrogen-bond donors (Lipinski definition) is 1. The van der Waals surface area contributed by atoms with Gasteiger partial charge in [0.1, 0.15) is 23.8 Å². The first-order valence-corrected chi connectivity index (χ1v) is 16.3. The lowest BCUT2D eigenvalue weighted by Gasteiger charge is -2.19. The number of aliphatic hydroxyl groups excluding tert-OH is 1. The molecule has 242 valence electrons. The summed E-state index contributed by atoms with van der Waals surface area (Å²) in [5.41, 5.74) is 0.153. The molecule has 5 rings (SSSR count). The Bertz CT molecular complexity index is 2070. The van der Waals surface area contributed by atoms with Gasteiger partial charge in [-0.05, 0) is 87.5 Å². The number of aryl methyl sites for hydroxylation is 2. The molecule has 1 N–H and O–H groups in total. The van der Waals surface area contributed by atoms with Gasteiger partial charge in [-0.25, -0.2) is 9.78 Å². The lowest BCUT2D eigenvalue weighted by molar-refractivity contribution is -0.138. The number of hydrogen-bond acceptors (Lipinski definition) is 8. The quantitative estimate of drug-likeness (QED) is 0.132. The predicted molar refractivity (Wildman–Crippen MR) is 180 cm³/mol. The number of halogens is 5. The molecule has 8 nitrogen and oxygen atoms in total. The molecule has 0 unspecified atom stereocenters. The van der Waals surface area contributed by atoms with E-state index in [1.807, 2.05) is 13.0 Å². The van der Waals surface area contributed by atoms with Crippen molar-refractivity contribution in [1.29, 1.82) is 0 Å². The monoisotopic (exact) mass is 785 g/mol. The van der Waals surface area contributed by atoms with Crippen LogP contribution in [0, 0.1) is 17.4 Å². The van der Waals surface area contributed by atoms with E-state index < -0.39 is 35.5 Å². The molecule has 0 aliphatic rings. The maximum Gasteiger partial charge on any atom is 0.416 e. The van der Waals surface area contributed by atoms with E-state index in [1.165, 1.54) is 22.8 Å². The van der Waals surface area contributed by atoms with Crippen LogP contribution in [0.5, 0.6) is 5.75 Å². The second-order valence-electron chi connectivity index (χ2n) is 11.5. The summed E-state index contributed by atoms with van der Waals surface area (Å²) in [5, 5.41) is 11.9. The summed E-state index contributed by atoms with van der Waals surface area (Å²) < 4.78 is 54.8. The number of esters is 1. The van der Waals surface area contributed by atoms with Gasteiger partial charge in [-0.3, -0.25) is 14.3 Å². The third kappa shape index (κ3) is 6.73. The van der Waals surface area contributed by atoms with Crippen LogP contribution in [-0.2, 0) is 24.1 Å². The number of ether oxygens (including phenoxy) is 2. The standard InChI is InChI=1S/C32H28ClF3IN3O5S/c1-15-10-19(28-27(38-15)21(14-46-28)30(43)45-31(3,4)5)18-11-17(33)6-7-24(18)44-9-8-40-16(2)39-23-12-22(32(34,35)36)20(13-41)26(37)25(23)29(40)42/h6-7,10-12,14,41H,8-9,13H2,1-5H3. The van der Waals surface area contributed by atoms with Crippen molar-refractivity contribution in [1.82, 2.24) is 14.5 Å². The molecule has 0 amide bonds. The molecule has 0 spiro atoms. The van der Waals surface area contributed by atoms with Gasteiger partial charge in [-0.1, -0.05) is 11.6 Å². The van der Waals surface area contributed by atoms with Gasteiger partial charge in [0.25, 0.3) is 5.56 Å². The van der Waals surface area contributed by atoms with Crippen LogP contribution in [0.25, 0.3) is 32.2 Å². The normalized spacial score (nSPS) is 12.2. The van der Waals surface area contributed by atoms with Gasteiger partial charge in [0, 0.05) is 36.4 Å². The van der Waals surface area contributed by atoms with E-state index in [-0.39, 0.29) is 39.0 Å². The van der Waals surface area contributed by atoms with Crippen LogP contribution in [0.15, 0.2) is 40.5 Å². The molecule has 0 aliphatic carbocycles. The summed E-state index contributed by atoms with van der Waals surface area (Å²) in [7, 11) is 0. The Hall–Kier alpha value is -3.27. The number of nitrogens with zero attached hydrogens (tertiary/aromatic N) is 3. The number of rotatable bonds is 7. The Morgan fingerprint density at radius 1 is 1.11 bits per heavy atom. The fourth-order valence-electron chi connectivity index (χ4n) is 5.06. The summed E-state index contributed by atoms with van der Waals surface area (Å²) in [6, 6.07) is 7.77. The third-order valence-corrected chi connectivity index (χ3v) is 9.44. The van der Waals surface area contributed by atoms with Gasteiger partial charge < -0.3 is 14.6 Å². The summed E-state index contributed by atoms with van der Waals surface area (Å²) in [6.07, 6.45) is -4.72. The van der Waals surface area contributed by atoms with E-state index in [0.29, 0.717) is 33.1 Å². The van der Waals surface area contributed by atoms with Crippen molar-refractivity contribution in [2.45, 2.75) is 59.5 Å². The number of aromatic nitrogens is 3. The Morgan fingerprint density at radius 2 is 1.83 bits per heavy atom. The Morgan fingerprint density at radius 3 is 2.48 bits per heavy atom. The van der Waals surface area contributed by atoms with E-state index in [1.54, 1.807) is 66.9 Å². The molecule has 2 aromatic carbocycles. The molecular weight excluding hydrogens is 758 g/mol. The van der Waals surface area contributed by atoms with Gasteiger partial charge in [0.15, 0.2) is 0 Å². The van der Waals surface area contributed by atoms with E-state index in [9.17, 15) is 27.9 Å². The largest absolute Gasteiger partial charge is 0.491 e. The third-order valence-electron chi connectivity index (χ3n) is 7.02. The van der Waals surface area contributed by atoms with Crippen molar-refractivity contribution < 1.29 is 32.5 Å². The highest BCUT2D eigenvalue weighted by Crippen LogP contribution is 2.41. The molecule has 5 aromatic rings. The highest BCUT2D eigenvalue weighted by atomic mass is 127. The summed E-state index contributed by atoms with van der Waals surface area (Å²) in [5.74, 6) is 0.179. The Balaban J connectivity index is 1.50. The van der Waals surface area contributed by atoms with E-state index >= 15 is 0 Å². The van der Waals surface area contributed by atoms with Crippen molar-refractivity contribution in [3.63, 3.8) is 0 Å². The minimum Gasteiger partial charge on any atom is -0.491 e. The molecular formula is C32H28ClF3IN3O5S. The number of aliphatic hydroxyl groups is 1. The van der Waals surface area contributed by atoms with Gasteiger partial charge >= 0.3 is 12.1 Å². The van der Waals surface area contributed by atoms with Crippen molar-refractivity contribution >= 4 is 72.6 Å². The van der Waals surface area contributed by atoms with Crippen LogP contribution in [0.1, 0.15) is 53.8 Å². The number of carbonyl (C=O) groups is 1. The summed E-state index contributed by atoms with van der Waals surface area (Å²) in [4.78, 5) is 35.4. The molecule has 0 aliphatic heterocycles. The highest BCUT2D eigenvalue weighted by Gasteiger charge is 2.35. The number of alkyl halides is 3. The molecule has 0 saturated carbocycles. The van der Waals surface area contributed by atoms with Gasteiger partial charge in [0.05, 0.1) is 45.4 Å².